The van der Waals surface area contributed by atoms with Gasteiger partial charge in [0.25, 0.3) is 0 Å². The molecule has 0 saturated heterocycles. The van der Waals surface area contributed by atoms with Gasteiger partial charge in [-0.25, -0.2) is 4.79 Å². The van der Waals surface area contributed by atoms with Crippen LogP contribution in [0.2, 0.25) is 0 Å². The maximum Gasteiger partial charge on any atom is 0.407 e. The molecule has 0 fully saturated rings. The molecule has 0 atom stereocenters. The minimum Gasteiger partial charge on any atom is -0.444 e. The fourth-order valence-electron chi connectivity index (χ4n) is 2.13. The molecule has 0 aromatic heterocycles. The van der Waals surface area contributed by atoms with Crippen molar-refractivity contribution >= 4 is 17.9 Å². The Hall–Kier alpha value is -2.57. The first-order chi connectivity index (χ1) is 12.2. The monoisotopic (exact) mass is 363 g/mol. The predicted molar refractivity (Wildman–Crippen MR) is 99.8 cm³/mol. The van der Waals surface area contributed by atoms with Crippen LogP contribution in [-0.4, -0.2) is 43.1 Å². The summed E-state index contributed by atoms with van der Waals surface area (Å²) in [5.74, 6) is -0.283. The zero-order chi connectivity index (χ0) is 19.6. The number of benzene rings is 1. The van der Waals surface area contributed by atoms with Gasteiger partial charge in [-0.3, -0.25) is 9.59 Å². The van der Waals surface area contributed by atoms with E-state index in [0.717, 1.165) is 11.1 Å². The minimum absolute atomic E-state index is 0.0832. The van der Waals surface area contributed by atoms with E-state index in [0.29, 0.717) is 19.5 Å². The summed E-state index contributed by atoms with van der Waals surface area (Å²) < 4.78 is 5.07. The molecule has 1 aromatic rings. The lowest BCUT2D eigenvalue weighted by molar-refractivity contribution is -0.122. The Morgan fingerprint density at radius 1 is 0.923 bits per heavy atom. The van der Waals surface area contributed by atoms with E-state index in [4.69, 9.17) is 4.74 Å². The molecule has 26 heavy (non-hydrogen) atoms. The number of carbonyl (C=O) groups is 3. The quantitative estimate of drug-likeness (QED) is 0.612. The van der Waals surface area contributed by atoms with Crippen LogP contribution in [0.4, 0.5) is 4.79 Å². The van der Waals surface area contributed by atoms with E-state index in [1.165, 1.54) is 0 Å². The second-order valence-electron chi connectivity index (χ2n) is 6.98. The number of alkyl carbamates (subject to hydrolysis) is 1. The number of hydrogen-bond acceptors (Lipinski definition) is 4. The third kappa shape index (κ3) is 9.66. The second-order valence-corrected chi connectivity index (χ2v) is 6.98. The first kappa shape index (κ1) is 21.5. The lowest BCUT2D eigenvalue weighted by Gasteiger charge is -2.19. The Labute approximate surface area is 154 Å². The zero-order valence-electron chi connectivity index (χ0n) is 16.0. The summed E-state index contributed by atoms with van der Waals surface area (Å²) in [7, 11) is 0. The van der Waals surface area contributed by atoms with Crippen LogP contribution < -0.4 is 16.0 Å². The van der Waals surface area contributed by atoms with Crippen molar-refractivity contribution in [3.8, 4) is 0 Å². The van der Waals surface area contributed by atoms with Crippen LogP contribution in [-0.2, 0) is 20.7 Å². The topological polar surface area (TPSA) is 96.5 Å². The number of nitrogens with one attached hydrogen (secondary N) is 3. The van der Waals surface area contributed by atoms with E-state index in [-0.39, 0.29) is 24.8 Å². The molecule has 0 radical (unpaired) electrons. The van der Waals surface area contributed by atoms with Crippen molar-refractivity contribution in [2.75, 3.05) is 19.6 Å². The molecule has 0 spiro atoms. The van der Waals surface area contributed by atoms with Crippen molar-refractivity contribution in [2.45, 2.75) is 46.1 Å². The predicted octanol–water partition coefficient (Wildman–Crippen LogP) is 1.68. The van der Waals surface area contributed by atoms with Crippen molar-refractivity contribution in [1.82, 2.24) is 16.0 Å². The summed E-state index contributed by atoms with van der Waals surface area (Å²) >= 11 is 0. The molecule has 0 heterocycles. The molecule has 0 aliphatic carbocycles. The van der Waals surface area contributed by atoms with Gasteiger partial charge in [0.05, 0.1) is 6.42 Å². The van der Waals surface area contributed by atoms with Crippen molar-refractivity contribution in [3.63, 3.8) is 0 Å². The summed E-state index contributed by atoms with van der Waals surface area (Å²) in [5, 5.41) is 7.98. The molecule has 0 aliphatic heterocycles. The maximum absolute atomic E-state index is 11.9. The van der Waals surface area contributed by atoms with Crippen molar-refractivity contribution in [1.29, 1.82) is 0 Å². The first-order valence-electron chi connectivity index (χ1n) is 8.72. The third-order valence-electron chi connectivity index (χ3n) is 3.40. The zero-order valence-corrected chi connectivity index (χ0v) is 16.0. The highest BCUT2D eigenvalue weighted by atomic mass is 16.6. The normalized spacial score (nSPS) is 10.8. The van der Waals surface area contributed by atoms with Gasteiger partial charge in [0.2, 0.25) is 11.8 Å². The fourth-order valence-corrected chi connectivity index (χ4v) is 2.13. The number of ether oxygens (including phenoxy) is 1. The molecule has 0 unspecified atom stereocenters. The van der Waals surface area contributed by atoms with Gasteiger partial charge in [-0.1, -0.05) is 24.3 Å². The number of amides is 3. The average molecular weight is 363 g/mol. The summed E-state index contributed by atoms with van der Waals surface area (Å²) in [6.45, 7) is 8.17. The molecule has 0 saturated carbocycles. The van der Waals surface area contributed by atoms with Crippen LogP contribution in [0.3, 0.4) is 0 Å². The van der Waals surface area contributed by atoms with Crippen LogP contribution in [0.25, 0.3) is 0 Å². The number of rotatable bonds is 8. The van der Waals surface area contributed by atoms with Crippen molar-refractivity contribution in [3.05, 3.63) is 35.4 Å². The van der Waals surface area contributed by atoms with Gasteiger partial charge in [0.15, 0.2) is 0 Å². The Balaban J connectivity index is 2.12. The Morgan fingerprint density at radius 3 is 2.15 bits per heavy atom. The smallest absolute Gasteiger partial charge is 0.407 e. The van der Waals surface area contributed by atoms with Crippen molar-refractivity contribution < 1.29 is 19.1 Å². The van der Waals surface area contributed by atoms with Gasteiger partial charge in [-0.2, -0.15) is 0 Å². The molecule has 0 aliphatic rings. The van der Waals surface area contributed by atoms with E-state index in [1.807, 2.05) is 31.2 Å². The van der Waals surface area contributed by atoms with Gasteiger partial charge in [-0.15, -0.1) is 0 Å². The Morgan fingerprint density at radius 2 is 1.54 bits per heavy atom. The van der Waals surface area contributed by atoms with Crippen LogP contribution in [0.5, 0.6) is 0 Å². The van der Waals surface area contributed by atoms with Crippen molar-refractivity contribution in [2.24, 2.45) is 0 Å². The molecule has 7 nitrogen and oxygen atoms in total. The second kappa shape index (κ2) is 10.4. The summed E-state index contributed by atoms with van der Waals surface area (Å²) in [6.07, 6.45) is -0.0784. The Kier molecular flexibility index (Phi) is 8.61. The molecule has 0 bridgehead atoms. The highest BCUT2D eigenvalue weighted by molar-refractivity contribution is 5.79. The van der Waals surface area contributed by atoms with E-state index < -0.39 is 11.7 Å². The average Bonchev–Trinajstić information content (AvgIpc) is 2.52. The lowest BCUT2D eigenvalue weighted by atomic mass is 10.1. The van der Waals surface area contributed by atoms with E-state index >= 15 is 0 Å². The van der Waals surface area contributed by atoms with Gasteiger partial charge in [0.1, 0.15) is 5.60 Å². The van der Waals surface area contributed by atoms with E-state index in [2.05, 4.69) is 16.0 Å². The lowest BCUT2D eigenvalue weighted by Crippen LogP contribution is -2.37. The molecule has 144 valence electrons. The molecule has 3 N–H and O–H groups in total. The molecular weight excluding hydrogens is 334 g/mol. The summed E-state index contributed by atoms with van der Waals surface area (Å²) in [4.78, 5) is 35.0. The molecular formula is C19H29N3O4. The standard InChI is InChI=1S/C19H29N3O4/c1-14-7-5-6-8-15(14)13-17(24)21-12-11-20-16(23)9-10-22-18(25)26-19(2,3)4/h5-8H,9-13H2,1-4H3,(H,20,23)(H,21,24)(H,22,25). The summed E-state index contributed by atoms with van der Waals surface area (Å²) in [6, 6.07) is 7.73. The summed E-state index contributed by atoms with van der Waals surface area (Å²) in [5.41, 5.74) is 1.50. The maximum atomic E-state index is 11.9. The van der Waals surface area contributed by atoms with E-state index in [1.54, 1.807) is 20.8 Å². The van der Waals surface area contributed by atoms with Crippen LogP contribution >= 0.6 is 0 Å². The van der Waals surface area contributed by atoms with Crippen LogP contribution in [0.15, 0.2) is 24.3 Å². The molecule has 3 amide bonds. The first-order valence-corrected chi connectivity index (χ1v) is 8.72. The largest absolute Gasteiger partial charge is 0.444 e. The number of aryl methyl sites for hydroxylation is 1. The van der Waals surface area contributed by atoms with Gasteiger partial charge in [-0.05, 0) is 38.8 Å². The third-order valence-corrected chi connectivity index (χ3v) is 3.40. The molecule has 7 heteroatoms. The number of hydrogen-bond donors (Lipinski definition) is 3. The van der Waals surface area contributed by atoms with Crippen LogP contribution in [0, 0.1) is 6.92 Å². The highest BCUT2D eigenvalue weighted by Crippen LogP contribution is 2.07. The Bertz CT molecular complexity index is 623. The minimum atomic E-state index is -0.567. The van der Waals surface area contributed by atoms with Crippen LogP contribution in [0.1, 0.15) is 38.3 Å². The molecule has 1 rings (SSSR count). The van der Waals surface area contributed by atoms with Gasteiger partial charge < -0.3 is 20.7 Å². The van der Waals surface area contributed by atoms with E-state index in [9.17, 15) is 14.4 Å². The van der Waals surface area contributed by atoms with Gasteiger partial charge in [0, 0.05) is 26.1 Å². The molecule has 1 aromatic carbocycles. The fraction of sp³-hybridized carbons (Fsp3) is 0.526. The van der Waals surface area contributed by atoms with Gasteiger partial charge >= 0.3 is 6.09 Å². The number of carbonyl (C=O) groups excluding carboxylic acids is 3. The SMILES string of the molecule is Cc1ccccc1CC(=O)NCCNC(=O)CCNC(=O)OC(C)(C)C. The highest BCUT2D eigenvalue weighted by Gasteiger charge is 2.15.